The summed E-state index contributed by atoms with van der Waals surface area (Å²) >= 11 is 1.46. The Bertz CT molecular complexity index is 1130. The minimum Gasteiger partial charge on any atom is -0.348 e. The van der Waals surface area contributed by atoms with Gasteiger partial charge in [0.15, 0.2) is 5.69 Å². The lowest BCUT2D eigenvalue weighted by Gasteiger charge is -2.18. The molecule has 0 aliphatic rings. The first-order chi connectivity index (χ1) is 14.7. The van der Waals surface area contributed by atoms with E-state index >= 15 is 0 Å². The van der Waals surface area contributed by atoms with Crippen molar-refractivity contribution in [2.24, 2.45) is 0 Å². The molecule has 0 saturated heterocycles. The first-order valence-corrected chi connectivity index (χ1v) is 10.7. The number of rotatable bonds is 7. The molecule has 7 nitrogen and oxygen atoms in total. The molecule has 0 radical (unpaired) electrons. The Balaban J connectivity index is 1.61. The highest BCUT2D eigenvalue weighted by Crippen LogP contribution is 2.26. The number of aromatic nitrogens is 4. The fourth-order valence-electron chi connectivity index (χ4n) is 3.22. The number of hydrogen-bond donors (Lipinski definition) is 2. The van der Waals surface area contributed by atoms with Crippen molar-refractivity contribution in [2.75, 3.05) is 5.32 Å². The van der Waals surface area contributed by atoms with Gasteiger partial charge in [0.1, 0.15) is 0 Å². The molecule has 0 aromatic carbocycles. The summed E-state index contributed by atoms with van der Waals surface area (Å²) in [5, 5.41) is 8.30. The number of nitrogens with one attached hydrogen (secondary N) is 2. The van der Waals surface area contributed by atoms with E-state index in [2.05, 4.69) is 30.6 Å². The number of anilines is 1. The Kier molecular flexibility index (Phi) is 5.94. The van der Waals surface area contributed by atoms with Gasteiger partial charge in [0, 0.05) is 24.8 Å². The summed E-state index contributed by atoms with van der Waals surface area (Å²) in [6.07, 6.45) is 7.78. The predicted molar refractivity (Wildman–Crippen MR) is 118 cm³/mol. The summed E-state index contributed by atoms with van der Waals surface area (Å²) in [4.78, 5) is 30.6. The average Bonchev–Trinajstić information content (AvgIpc) is 3.26. The van der Waals surface area contributed by atoms with Crippen molar-refractivity contribution in [3.63, 3.8) is 0 Å². The number of fused-ring (bicyclic) bond motifs is 1. The van der Waals surface area contributed by atoms with Gasteiger partial charge in [-0.3, -0.25) is 14.8 Å². The lowest BCUT2D eigenvalue weighted by atomic mass is 10.1. The van der Waals surface area contributed by atoms with Crippen LogP contribution in [-0.4, -0.2) is 25.8 Å². The third-order valence-electron chi connectivity index (χ3n) is 4.85. The van der Waals surface area contributed by atoms with E-state index in [-0.39, 0.29) is 18.0 Å². The summed E-state index contributed by atoms with van der Waals surface area (Å²) in [6.45, 7) is 4.04. The molecular formula is C22H22N6OS. The zero-order chi connectivity index (χ0) is 20.9. The number of amides is 1. The molecule has 4 rings (SSSR count). The summed E-state index contributed by atoms with van der Waals surface area (Å²) in [6, 6.07) is 9.42. The van der Waals surface area contributed by atoms with Crippen molar-refractivity contribution in [2.45, 2.75) is 32.4 Å². The fourth-order valence-corrected chi connectivity index (χ4v) is 4.04. The molecule has 4 heterocycles. The molecule has 2 atom stereocenters. The molecule has 4 aromatic rings. The third-order valence-corrected chi connectivity index (χ3v) is 5.76. The Morgan fingerprint density at radius 1 is 1.07 bits per heavy atom. The van der Waals surface area contributed by atoms with Crippen LogP contribution in [0.1, 0.15) is 54.0 Å². The van der Waals surface area contributed by atoms with E-state index in [1.54, 1.807) is 24.8 Å². The number of thiophene rings is 1. The molecule has 8 heteroatoms. The van der Waals surface area contributed by atoms with Crippen molar-refractivity contribution < 1.29 is 4.79 Å². The van der Waals surface area contributed by atoms with Gasteiger partial charge in [-0.05, 0) is 48.1 Å². The van der Waals surface area contributed by atoms with Gasteiger partial charge in [-0.2, -0.15) is 0 Å². The van der Waals surface area contributed by atoms with Gasteiger partial charge in [0.05, 0.1) is 22.3 Å². The molecule has 1 amide bonds. The predicted octanol–water partition coefficient (Wildman–Crippen LogP) is 4.54. The van der Waals surface area contributed by atoms with E-state index in [4.69, 9.17) is 0 Å². The first kappa shape index (κ1) is 19.9. The molecule has 0 bridgehead atoms. The van der Waals surface area contributed by atoms with Gasteiger partial charge in [0.2, 0.25) is 5.95 Å². The lowest BCUT2D eigenvalue weighted by Crippen LogP contribution is -2.29. The Morgan fingerprint density at radius 2 is 1.80 bits per heavy atom. The van der Waals surface area contributed by atoms with Crippen LogP contribution in [0.15, 0.2) is 60.5 Å². The molecule has 0 aliphatic heterocycles. The minimum atomic E-state index is -0.224. The molecule has 152 valence electrons. The van der Waals surface area contributed by atoms with Crippen LogP contribution in [-0.2, 0) is 0 Å². The maximum Gasteiger partial charge on any atom is 0.272 e. The molecule has 0 aliphatic carbocycles. The van der Waals surface area contributed by atoms with E-state index < -0.39 is 0 Å². The molecule has 0 spiro atoms. The highest BCUT2D eigenvalue weighted by molar-refractivity contribution is 7.17. The molecule has 2 N–H and O–H groups in total. The summed E-state index contributed by atoms with van der Waals surface area (Å²) in [7, 11) is 0. The lowest BCUT2D eigenvalue weighted by molar-refractivity contribution is 0.0932. The van der Waals surface area contributed by atoms with Gasteiger partial charge in [-0.15, -0.1) is 11.3 Å². The number of carbonyl (C=O) groups excluding carboxylic acids is 1. The van der Waals surface area contributed by atoms with Gasteiger partial charge in [0.25, 0.3) is 5.91 Å². The topological polar surface area (TPSA) is 92.7 Å². The molecule has 0 saturated carbocycles. The monoisotopic (exact) mass is 418 g/mol. The largest absolute Gasteiger partial charge is 0.348 e. The van der Waals surface area contributed by atoms with Crippen molar-refractivity contribution in [1.82, 2.24) is 25.3 Å². The molecular weight excluding hydrogens is 396 g/mol. The van der Waals surface area contributed by atoms with E-state index in [9.17, 15) is 4.79 Å². The quantitative estimate of drug-likeness (QED) is 0.458. The van der Waals surface area contributed by atoms with Crippen LogP contribution in [0, 0.1) is 0 Å². The average molecular weight is 419 g/mol. The number of pyridine rings is 2. The fraction of sp³-hybridized carbons (Fsp3) is 0.227. The maximum absolute atomic E-state index is 13.2. The van der Waals surface area contributed by atoms with Crippen molar-refractivity contribution in [1.29, 1.82) is 0 Å². The first-order valence-electron chi connectivity index (χ1n) is 9.78. The van der Waals surface area contributed by atoms with Crippen molar-refractivity contribution in [3.05, 3.63) is 77.3 Å². The summed E-state index contributed by atoms with van der Waals surface area (Å²) < 4.78 is 0.771. The van der Waals surface area contributed by atoms with E-state index in [0.29, 0.717) is 11.6 Å². The van der Waals surface area contributed by atoms with Crippen molar-refractivity contribution in [3.8, 4) is 0 Å². The molecule has 0 fully saturated rings. The van der Waals surface area contributed by atoms with E-state index in [1.807, 2.05) is 49.6 Å². The van der Waals surface area contributed by atoms with E-state index in [1.165, 1.54) is 11.3 Å². The van der Waals surface area contributed by atoms with Gasteiger partial charge in [-0.1, -0.05) is 19.1 Å². The normalized spacial score (nSPS) is 13.0. The smallest absolute Gasteiger partial charge is 0.272 e. The second kappa shape index (κ2) is 8.96. The molecule has 4 aromatic heterocycles. The highest BCUT2D eigenvalue weighted by atomic mass is 32.1. The maximum atomic E-state index is 13.2. The zero-order valence-corrected chi connectivity index (χ0v) is 17.6. The Morgan fingerprint density at radius 3 is 2.47 bits per heavy atom. The second-order valence-corrected chi connectivity index (χ2v) is 7.82. The molecule has 2 unspecified atom stereocenters. The molecule has 30 heavy (non-hydrogen) atoms. The Labute approximate surface area is 178 Å². The number of carbonyl (C=O) groups is 1. The van der Waals surface area contributed by atoms with Gasteiger partial charge in [-0.25, -0.2) is 9.97 Å². The number of nitrogens with zero attached hydrogens (tertiary/aromatic N) is 4. The summed E-state index contributed by atoms with van der Waals surface area (Å²) in [5.41, 5.74) is 3.10. The van der Waals surface area contributed by atoms with Gasteiger partial charge >= 0.3 is 0 Å². The van der Waals surface area contributed by atoms with Crippen LogP contribution < -0.4 is 10.6 Å². The standard InChI is InChI=1S/C22H22N6OS/c1-3-17(16-7-5-10-24-13-16)26-21(29)19-20-18(8-11-30-20)27-22(28-19)25-14(2)15-6-4-9-23-12-15/h4-14,17H,3H2,1-2H3,(H,26,29)(H,25,27,28). The third kappa shape index (κ3) is 4.28. The van der Waals surface area contributed by atoms with E-state index in [0.717, 1.165) is 27.8 Å². The van der Waals surface area contributed by atoms with Crippen LogP contribution in [0.5, 0.6) is 0 Å². The van der Waals surface area contributed by atoms with Crippen LogP contribution in [0.3, 0.4) is 0 Å². The van der Waals surface area contributed by atoms with Crippen LogP contribution in [0.4, 0.5) is 5.95 Å². The van der Waals surface area contributed by atoms with Crippen LogP contribution in [0.25, 0.3) is 10.2 Å². The SMILES string of the molecule is CCC(NC(=O)c1nc(NC(C)c2cccnc2)nc2ccsc12)c1cccnc1. The van der Waals surface area contributed by atoms with Crippen molar-refractivity contribution >= 4 is 33.4 Å². The highest BCUT2D eigenvalue weighted by Gasteiger charge is 2.20. The summed E-state index contributed by atoms with van der Waals surface area (Å²) in [5.74, 6) is 0.189. The second-order valence-electron chi connectivity index (χ2n) is 6.90. The minimum absolute atomic E-state index is 0.0514. The van der Waals surface area contributed by atoms with Crippen LogP contribution in [0.2, 0.25) is 0 Å². The zero-order valence-electron chi connectivity index (χ0n) is 16.7. The van der Waals surface area contributed by atoms with Gasteiger partial charge < -0.3 is 10.6 Å². The van der Waals surface area contributed by atoms with Crippen LogP contribution >= 0.6 is 11.3 Å². The number of hydrogen-bond acceptors (Lipinski definition) is 7. The Hall–Kier alpha value is -3.39.